The van der Waals surface area contributed by atoms with Gasteiger partial charge in [-0.15, -0.1) is 11.3 Å². The molecule has 0 aliphatic heterocycles. The van der Waals surface area contributed by atoms with Crippen LogP contribution in [0.15, 0.2) is 29.6 Å². The van der Waals surface area contributed by atoms with Crippen molar-refractivity contribution in [3.8, 4) is 0 Å². The van der Waals surface area contributed by atoms with E-state index in [0.717, 1.165) is 34.1 Å². The van der Waals surface area contributed by atoms with Crippen molar-refractivity contribution in [2.75, 3.05) is 6.61 Å². The summed E-state index contributed by atoms with van der Waals surface area (Å²) >= 11 is 7.70. The molecule has 1 aromatic heterocycles. The number of aliphatic hydroxyl groups is 1. The Balaban J connectivity index is 2.04. The van der Waals surface area contributed by atoms with Gasteiger partial charge >= 0.3 is 0 Å². The van der Waals surface area contributed by atoms with Crippen LogP contribution in [-0.4, -0.2) is 16.7 Å². The van der Waals surface area contributed by atoms with Crippen molar-refractivity contribution in [3.05, 3.63) is 50.9 Å². The predicted molar refractivity (Wildman–Crippen MR) is 90.2 cm³/mol. The lowest BCUT2D eigenvalue weighted by molar-refractivity contribution is 0.225. The van der Waals surface area contributed by atoms with E-state index < -0.39 is 0 Å². The maximum absolute atomic E-state index is 9.63. The summed E-state index contributed by atoms with van der Waals surface area (Å²) in [5.74, 6) is 0.183. The Morgan fingerprint density at radius 2 is 2.05 bits per heavy atom. The highest BCUT2D eigenvalue weighted by Crippen LogP contribution is 2.26. The van der Waals surface area contributed by atoms with Gasteiger partial charge in [0.25, 0.3) is 0 Å². The molecule has 0 spiro atoms. The van der Waals surface area contributed by atoms with E-state index in [1.165, 1.54) is 0 Å². The monoisotopic (exact) mass is 323 g/mol. The van der Waals surface area contributed by atoms with Crippen LogP contribution >= 0.6 is 22.9 Å². The van der Waals surface area contributed by atoms with Gasteiger partial charge in [0.2, 0.25) is 0 Å². The minimum Gasteiger partial charge on any atom is -0.396 e. The number of nitrogens with zero attached hydrogens (tertiary/aromatic N) is 1. The van der Waals surface area contributed by atoms with Crippen LogP contribution < -0.4 is 0 Å². The zero-order valence-corrected chi connectivity index (χ0v) is 14.3. The molecule has 0 saturated heterocycles. The van der Waals surface area contributed by atoms with Crippen LogP contribution in [0.4, 0.5) is 0 Å². The third-order valence-corrected chi connectivity index (χ3v) is 4.56. The van der Waals surface area contributed by atoms with Crippen LogP contribution in [0, 0.1) is 5.92 Å². The highest BCUT2D eigenvalue weighted by molar-refractivity contribution is 7.09. The van der Waals surface area contributed by atoms with E-state index in [2.05, 4.69) is 32.2 Å². The van der Waals surface area contributed by atoms with Crippen molar-refractivity contribution >= 4 is 22.9 Å². The van der Waals surface area contributed by atoms with Crippen molar-refractivity contribution in [1.29, 1.82) is 0 Å². The molecule has 2 rings (SSSR count). The highest BCUT2D eigenvalue weighted by atomic mass is 35.5. The average Bonchev–Trinajstić information content (AvgIpc) is 2.86. The minimum atomic E-state index is 0.0798. The number of rotatable bonds is 5. The van der Waals surface area contributed by atoms with Crippen LogP contribution in [-0.2, 0) is 18.3 Å². The van der Waals surface area contributed by atoms with E-state index in [0.29, 0.717) is 0 Å². The second-order valence-corrected chi connectivity index (χ2v) is 7.84. The fraction of sp³-hybridized carbons (Fsp3) is 0.471. The number of halogens is 1. The molecule has 1 N–H and O–H groups in total. The van der Waals surface area contributed by atoms with Gasteiger partial charge in [0.1, 0.15) is 0 Å². The average molecular weight is 324 g/mol. The van der Waals surface area contributed by atoms with Gasteiger partial charge in [-0.1, -0.05) is 44.5 Å². The molecule has 1 unspecified atom stereocenters. The van der Waals surface area contributed by atoms with E-state index in [9.17, 15) is 5.11 Å². The molecule has 21 heavy (non-hydrogen) atoms. The van der Waals surface area contributed by atoms with Crippen LogP contribution in [0.5, 0.6) is 0 Å². The summed E-state index contributed by atoms with van der Waals surface area (Å²) in [6.07, 6.45) is 1.63. The van der Waals surface area contributed by atoms with E-state index in [4.69, 9.17) is 16.6 Å². The van der Waals surface area contributed by atoms with Gasteiger partial charge in [-0.25, -0.2) is 4.98 Å². The first-order chi connectivity index (χ1) is 9.88. The maximum Gasteiger partial charge on any atom is 0.0932 e. The Labute approximate surface area is 135 Å². The quantitative estimate of drug-likeness (QED) is 0.879. The summed E-state index contributed by atoms with van der Waals surface area (Å²) < 4.78 is 0. The molecule has 1 heterocycles. The lowest BCUT2D eigenvalue weighted by atomic mass is 9.93. The summed E-state index contributed by atoms with van der Waals surface area (Å²) in [5.41, 5.74) is 2.37. The van der Waals surface area contributed by atoms with E-state index >= 15 is 0 Å². The first-order valence-corrected chi connectivity index (χ1v) is 8.44. The van der Waals surface area contributed by atoms with Crippen LogP contribution in [0.2, 0.25) is 5.02 Å². The Kier molecular flexibility index (Phi) is 5.42. The normalized spacial score (nSPS) is 13.4. The number of aliphatic hydroxyl groups excluding tert-OH is 1. The standard InChI is InChI=1S/C17H22ClNOS/c1-17(2,3)15-11-21-16(19-15)9-13(10-20)7-12-5-4-6-14(18)8-12/h4-6,8,11,13,20H,7,9-10H2,1-3H3. The van der Waals surface area contributed by atoms with Crippen LogP contribution in [0.3, 0.4) is 0 Å². The van der Waals surface area contributed by atoms with E-state index in [-0.39, 0.29) is 17.9 Å². The first kappa shape index (κ1) is 16.5. The number of thiazole rings is 1. The summed E-state index contributed by atoms with van der Waals surface area (Å²) in [6, 6.07) is 7.84. The third kappa shape index (κ3) is 4.80. The molecule has 0 saturated carbocycles. The number of benzene rings is 1. The molecule has 2 nitrogen and oxygen atoms in total. The van der Waals surface area contributed by atoms with Gasteiger partial charge in [0, 0.05) is 28.8 Å². The smallest absolute Gasteiger partial charge is 0.0932 e. The van der Waals surface area contributed by atoms with E-state index in [1.807, 2.05) is 18.2 Å². The van der Waals surface area contributed by atoms with Gasteiger partial charge in [-0.2, -0.15) is 0 Å². The molecule has 0 aliphatic rings. The Bertz CT molecular complexity index is 588. The zero-order valence-electron chi connectivity index (χ0n) is 12.8. The largest absolute Gasteiger partial charge is 0.396 e. The number of hydrogen-bond acceptors (Lipinski definition) is 3. The van der Waals surface area contributed by atoms with E-state index in [1.54, 1.807) is 11.3 Å². The fourth-order valence-electron chi connectivity index (χ4n) is 2.19. The Hall–Kier alpha value is -0.900. The molecule has 0 fully saturated rings. The maximum atomic E-state index is 9.63. The molecular formula is C17H22ClNOS. The minimum absolute atomic E-state index is 0.0798. The van der Waals surface area contributed by atoms with Crippen molar-refractivity contribution in [2.24, 2.45) is 5.92 Å². The summed E-state index contributed by atoms with van der Waals surface area (Å²) in [5, 5.41) is 13.6. The van der Waals surface area contributed by atoms with Crippen molar-refractivity contribution < 1.29 is 5.11 Å². The third-order valence-electron chi connectivity index (χ3n) is 3.46. The second-order valence-electron chi connectivity index (χ2n) is 6.46. The predicted octanol–water partition coefficient (Wildman–Crippen LogP) is 4.49. The molecule has 114 valence electrons. The molecule has 0 radical (unpaired) electrons. The van der Waals surface area contributed by atoms with Crippen molar-refractivity contribution in [2.45, 2.75) is 39.0 Å². The molecule has 1 atom stereocenters. The summed E-state index contributed by atoms with van der Waals surface area (Å²) in [4.78, 5) is 4.71. The van der Waals surface area contributed by atoms with Gasteiger partial charge in [-0.3, -0.25) is 0 Å². The lowest BCUT2D eigenvalue weighted by Crippen LogP contribution is -2.14. The van der Waals surface area contributed by atoms with Gasteiger partial charge in [0.15, 0.2) is 0 Å². The van der Waals surface area contributed by atoms with Crippen molar-refractivity contribution in [3.63, 3.8) is 0 Å². The topological polar surface area (TPSA) is 33.1 Å². The molecule has 1 aromatic carbocycles. The lowest BCUT2D eigenvalue weighted by Gasteiger charge is -2.15. The summed E-state index contributed by atoms with van der Waals surface area (Å²) in [6.45, 7) is 6.67. The second kappa shape index (κ2) is 6.91. The molecule has 0 bridgehead atoms. The first-order valence-electron chi connectivity index (χ1n) is 7.18. The van der Waals surface area contributed by atoms with Crippen LogP contribution in [0.1, 0.15) is 37.0 Å². The van der Waals surface area contributed by atoms with Gasteiger partial charge in [-0.05, 0) is 30.0 Å². The Morgan fingerprint density at radius 3 is 2.62 bits per heavy atom. The number of aromatic nitrogens is 1. The van der Waals surface area contributed by atoms with Gasteiger partial charge in [0.05, 0.1) is 10.7 Å². The van der Waals surface area contributed by atoms with Crippen LogP contribution in [0.25, 0.3) is 0 Å². The van der Waals surface area contributed by atoms with Crippen molar-refractivity contribution in [1.82, 2.24) is 4.98 Å². The highest BCUT2D eigenvalue weighted by Gasteiger charge is 2.19. The molecule has 4 heteroatoms. The SMILES string of the molecule is CC(C)(C)c1csc(CC(CO)Cc2cccc(Cl)c2)n1. The molecule has 2 aromatic rings. The molecule has 0 aliphatic carbocycles. The fourth-order valence-corrected chi connectivity index (χ4v) is 3.54. The molecule has 0 amide bonds. The zero-order chi connectivity index (χ0) is 15.5. The van der Waals surface area contributed by atoms with Gasteiger partial charge < -0.3 is 5.11 Å². The molecular weight excluding hydrogens is 302 g/mol. The summed E-state index contributed by atoms with van der Waals surface area (Å²) in [7, 11) is 0. The Morgan fingerprint density at radius 1 is 1.29 bits per heavy atom. The number of hydrogen-bond donors (Lipinski definition) is 1.